The van der Waals surface area contributed by atoms with Crippen LogP contribution < -0.4 is 10.1 Å². The molecule has 0 amide bonds. The highest BCUT2D eigenvalue weighted by Crippen LogP contribution is 2.29. The minimum atomic E-state index is -0.392. The molecule has 1 aromatic rings. The third kappa shape index (κ3) is 5.61. The molecule has 0 unspecified atom stereocenters. The van der Waals surface area contributed by atoms with Crippen LogP contribution in [-0.4, -0.2) is 26.2 Å². The number of ether oxygens (including phenoxy) is 2. The van der Waals surface area contributed by atoms with Crippen LogP contribution in [0.5, 0.6) is 5.75 Å². The van der Waals surface area contributed by atoms with Crippen molar-refractivity contribution in [1.29, 1.82) is 0 Å². The molecule has 4 nitrogen and oxygen atoms in total. The highest BCUT2D eigenvalue weighted by molar-refractivity contribution is 9.10. The normalized spacial score (nSPS) is 10.6. The second kappa shape index (κ2) is 8.17. The van der Waals surface area contributed by atoms with Crippen molar-refractivity contribution in [2.75, 3.05) is 20.3 Å². The number of methoxy groups -OCH3 is 1. The molecular formula is C14H20BrNO3. The number of benzene rings is 1. The van der Waals surface area contributed by atoms with Crippen LogP contribution in [0.2, 0.25) is 0 Å². The summed E-state index contributed by atoms with van der Waals surface area (Å²) >= 11 is 3.44. The molecule has 1 rings (SSSR count). The Morgan fingerprint density at radius 2 is 2.16 bits per heavy atom. The lowest BCUT2D eigenvalue weighted by Gasteiger charge is -2.14. The van der Waals surface area contributed by atoms with E-state index in [1.807, 2.05) is 18.2 Å². The molecule has 0 aromatic heterocycles. The Bertz CT molecular complexity index is 421. The summed E-state index contributed by atoms with van der Waals surface area (Å²) in [6.07, 6.45) is 0. The second-order valence-corrected chi connectivity index (χ2v) is 5.47. The predicted molar refractivity (Wildman–Crippen MR) is 78.2 cm³/mol. The summed E-state index contributed by atoms with van der Waals surface area (Å²) in [5.41, 5.74) is 1.01. The number of rotatable bonds is 7. The first-order chi connectivity index (χ1) is 9.04. The van der Waals surface area contributed by atoms with Gasteiger partial charge in [-0.3, -0.25) is 0 Å². The predicted octanol–water partition coefficient (Wildman–Crippen LogP) is 2.75. The summed E-state index contributed by atoms with van der Waals surface area (Å²) in [5, 5.41) is 3.35. The number of halogens is 1. The summed E-state index contributed by atoms with van der Waals surface area (Å²) in [6, 6.07) is 5.81. The lowest BCUT2D eigenvalue weighted by atomic mass is 10.2. The van der Waals surface area contributed by atoms with Gasteiger partial charge in [0, 0.05) is 12.1 Å². The van der Waals surface area contributed by atoms with Gasteiger partial charge >= 0.3 is 5.97 Å². The second-order valence-electron chi connectivity index (χ2n) is 4.62. The van der Waals surface area contributed by atoms with E-state index in [4.69, 9.17) is 4.74 Å². The number of carbonyl (C=O) groups is 1. The maximum atomic E-state index is 11.1. The topological polar surface area (TPSA) is 47.6 Å². The molecular weight excluding hydrogens is 310 g/mol. The number of para-hydroxylation sites is 1. The van der Waals surface area contributed by atoms with E-state index in [1.54, 1.807) is 0 Å². The largest absolute Gasteiger partial charge is 0.480 e. The molecule has 1 N–H and O–H groups in total. The van der Waals surface area contributed by atoms with Crippen molar-refractivity contribution in [3.63, 3.8) is 0 Å². The zero-order valence-electron chi connectivity index (χ0n) is 11.5. The van der Waals surface area contributed by atoms with Crippen LogP contribution in [0.1, 0.15) is 19.4 Å². The van der Waals surface area contributed by atoms with Crippen LogP contribution in [0, 0.1) is 5.92 Å². The van der Waals surface area contributed by atoms with E-state index < -0.39 is 5.97 Å². The molecule has 0 spiro atoms. The quantitative estimate of drug-likeness (QED) is 0.781. The van der Waals surface area contributed by atoms with Crippen molar-refractivity contribution in [1.82, 2.24) is 5.32 Å². The van der Waals surface area contributed by atoms with Crippen LogP contribution in [0.3, 0.4) is 0 Å². The van der Waals surface area contributed by atoms with Gasteiger partial charge in [0.15, 0.2) is 6.61 Å². The zero-order chi connectivity index (χ0) is 14.3. The monoisotopic (exact) mass is 329 g/mol. The average molecular weight is 330 g/mol. The van der Waals surface area contributed by atoms with Crippen LogP contribution in [0.15, 0.2) is 22.7 Å². The van der Waals surface area contributed by atoms with Gasteiger partial charge in [0.05, 0.1) is 11.6 Å². The van der Waals surface area contributed by atoms with Crippen LogP contribution in [0.4, 0.5) is 0 Å². The van der Waals surface area contributed by atoms with E-state index in [2.05, 4.69) is 39.8 Å². The van der Waals surface area contributed by atoms with Crippen molar-refractivity contribution >= 4 is 21.9 Å². The molecule has 1 aromatic carbocycles. The number of hydrogen-bond acceptors (Lipinski definition) is 4. The maximum Gasteiger partial charge on any atom is 0.343 e. The Morgan fingerprint density at radius 1 is 1.42 bits per heavy atom. The van der Waals surface area contributed by atoms with Crippen molar-refractivity contribution in [3.05, 3.63) is 28.2 Å². The molecule has 0 aliphatic rings. The third-order valence-corrected chi connectivity index (χ3v) is 3.10. The van der Waals surface area contributed by atoms with Crippen LogP contribution >= 0.6 is 15.9 Å². The number of carbonyl (C=O) groups excluding carboxylic acids is 1. The Balaban J connectivity index is 2.68. The Labute approximate surface area is 122 Å². The van der Waals surface area contributed by atoms with Gasteiger partial charge in [-0.15, -0.1) is 0 Å². The summed E-state index contributed by atoms with van der Waals surface area (Å²) in [6.45, 7) is 5.86. The van der Waals surface area contributed by atoms with Crippen LogP contribution in [-0.2, 0) is 16.1 Å². The molecule has 5 heteroatoms. The van der Waals surface area contributed by atoms with Gasteiger partial charge in [0.1, 0.15) is 5.75 Å². The fraction of sp³-hybridized carbons (Fsp3) is 0.500. The molecule has 0 heterocycles. The van der Waals surface area contributed by atoms with Crippen molar-refractivity contribution < 1.29 is 14.3 Å². The minimum Gasteiger partial charge on any atom is -0.480 e. The Kier molecular flexibility index (Phi) is 6.87. The molecule has 0 fully saturated rings. The number of hydrogen-bond donors (Lipinski definition) is 1. The van der Waals surface area contributed by atoms with Crippen molar-refractivity contribution in [2.45, 2.75) is 20.4 Å². The molecule has 106 valence electrons. The molecule has 0 saturated carbocycles. The molecule has 0 aliphatic heterocycles. The molecule has 0 atom stereocenters. The first-order valence-corrected chi connectivity index (χ1v) is 7.01. The summed E-state index contributed by atoms with van der Waals surface area (Å²) in [5.74, 6) is 0.882. The van der Waals surface area contributed by atoms with Crippen molar-refractivity contribution in [3.8, 4) is 5.75 Å². The van der Waals surface area contributed by atoms with Crippen molar-refractivity contribution in [2.24, 2.45) is 5.92 Å². The van der Waals surface area contributed by atoms with E-state index in [0.717, 1.165) is 16.6 Å². The van der Waals surface area contributed by atoms with Gasteiger partial charge in [-0.25, -0.2) is 4.79 Å². The fourth-order valence-electron chi connectivity index (χ4n) is 1.54. The van der Waals surface area contributed by atoms with Gasteiger partial charge in [0.2, 0.25) is 0 Å². The fourth-order valence-corrected chi connectivity index (χ4v) is 2.06. The zero-order valence-corrected chi connectivity index (χ0v) is 13.1. The lowest BCUT2D eigenvalue weighted by Crippen LogP contribution is -2.20. The van der Waals surface area contributed by atoms with E-state index in [-0.39, 0.29) is 6.61 Å². The lowest BCUT2D eigenvalue weighted by molar-refractivity contribution is -0.142. The summed E-state index contributed by atoms with van der Waals surface area (Å²) in [7, 11) is 1.34. The Hall–Kier alpha value is -1.07. The molecule has 0 saturated heterocycles. The first-order valence-electron chi connectivity index (χ1n) is 6.22. The summed E-state index contributed by atoms with van der Waals surface area (Å²) < 4.78 is 10.9. The van der Waals surface area contributed by atoms with Gasteiger partial charge in [-0.1, -0.05) is 26.0 Å². The molecule has 0 radical (unpaired) electrons. The summed E-state index contributed by atoms with van der Waals surface area (Å²) in [4.78, 5) is 11.1. The average Bonchev–Trinajstić information content (AvgIpc) is 2.37. The number of esters is 1. The highest BCUT2D eigenvalue weighted by Gasteiger charge is 2.10. The van der Waals surface area contributed by atoms with E-state index >= 15 is 0 Å². The van der Waals surface area contributed by atoms with Gasteiger partial charge < -0.3 is 14.8 Å². The molecule has 0 aliphatic carbocycles. The van der Waals surface area contributed by atoms with E-state index in [0.29, 0.717) is 18.2 Å². The first kappa shape index (κ1) is 16.0. The smallest absolute Gasteiger partial charge is 0.343 e. The molecule has 0 bridgehead atoms. The Morgan fingerprint density at radius 3 is 2.79 bits per heavy atom. The highest BCUT2D eigenvalue weighted by atomic mass is 79.9. The standard InChI is InChI=1S/C14H20BrNO3/c1-10(2)7-16-8-11-5-4-6-12(15)14(11)19-9-13(17)18-3/h4-6,10,16H,7-9H2,1-3H3. The maximum absolute atomic E-state index is 11.1. The third-order valence-electron chi connectivity index (χ3n) is 2.48. The molecule has 19 heavy (non-hydrogen) atoms. The van der Waals surface area contributed by atoms with Gasteiger partial charge in [-0.2, -0.15) is 0 Å². The minimum absolute atomic E-state index is 0.0870. The van der Waals surface area contributed by atoms with Gasteiger partial charge in [0.25, 0.3) is 0 Å². The van der Waals surface area contributed by atoms with Gasteiger partial charge in [-0.05, 0) is 34.5 Å². The number of nitrogens with one attached hydrogen (secondary N) is 1. The van der Waals surface area contributed by atoms with E-state index in [9.17, 15) is 4.79 Å². The van der Waals surface area contributed by atoms with Crippen LogP contribution in [0.25, 0.3) is 0 Å². The SMILES string of the molecule is COC(=O)COc1c(Br)cccc1CNCC(C)C. The van der Waals surface area contributed by atoms with E-state index in [1.165, 1.54) is 7.11 Å².